The van der Waals surface area contributed by atoms with E-state index in [0.29, 0.717) is 5.91 Å². The van der Waals surface area contributed by atoms with Gasteiger partial charge >= 0.3 is 0 Å². The van der Waals surface area contributed by atoms with Gasteiger partial charge in [0, 0.05) is 18.5 Å². The van der Waals surface area contributed by atoms with E-state index >= 15 is 0 Å². The number of nitrogens with one attached hydrogen (secondary N) is 2. The first-order valence-electron chi connectivity index (χ1n) is 7.09. The molecule has 3 heteroatoms. The molecule has 0 aromatic heterocycles. The van der Waals surface area contributed by atoms with Gasteiger partial charge in [0.2, 0.25) is 5.91 Å². The molecule has 0 aromatic rings. The molecule has 0 bridgehead atoms. The summed E-state index contributed by atoms with van der Waals surface area (Å²) in [5, 5.41) is 6.60. The van der Waals surface area contributed by atoms with Crippen LogP contribution in [0.15, 0.2) is 0 Å². The van der Waals surface area contributed by atoms with Crippen LogP contribution in [0.4, 0.5) is 0 Å². The summed E-state index contributed by atoms with van der Waals surface area (Å²) < 4.78 is 0. The van der Waals surface area contributed by atoms with Crippen molar-refractivity contribution in [1.82, 2.24) is 10.6 Å². The standard InChI is InChI=1S/C14H26N2O/c1-3-14(6-4-5-7-14)12(17)16-11-13(2)8-9-15-10-13/h15H,3-11H2,1-2H3,(H,16,17). The predicted octanol–water partition coefficient (Wildman–Crippen LogP) is 2.07. The van der Waals surface area contributed by atoms with Crippen molar-refractivity contribution in [2.24, 2.45) is 10.8 Å². The number of carbonyl (C=O) groups excluding carboxylic acids is 1. The number of rotatable bonds is 4. The second-order valence-corrected chi connectivity index (χ2v) is 6.26. The van der Waals surface area contributed by atoms with Crippen LogP contribution in [0, 0.1) is 10.8 Å². The molecule has 0 aromatic carbocycles. The number of amides is 1. The second kappa shape index (κ2) is 4.97. The Hall–Kier alpha value is -0.570. The van der Waals surface area contributed by atoms with E-state index in [1.54, 1.807) is 0 Å². The highest BCUT2D eigenvalue weighted by atomic mass is 16.2. The highest BCUT2D eigenvalue weighted by Crippen LogP contribution is 2.41. The summed E-state index contributed by atoms with van der Waals surface area (Å²) in [4.78, 5) is 12.4. The van der Waals surface area contributed by atoms with Gasteiger partial charge in [-0.05, 0) is 37.6 Å². The van der Waals surface area contributed by atoms with Crippen molar-refractivity contribution >= 4 is 5.91 Å². The van der Waals surface area contributed by atoms with Crippen LogP contribution in [0.3, 0.4) is 0 Å². The van der Waals surface area contributed by atoms with Gasteiger partial charge in [0.05, 0.1) is 0 Å². The number of hydrogen-bond donors (Lipinski definition) is 2. The third-order valence-corrected chi connectivity index (χ3v) is 4.85. The van der Waals surface area contributed by atoms with Crippen molar-refractivity contribution in [2.75, 3.05) is 19.6 Å². The van der Waals surface area contributed by atoms with Crippen LogP contribution in [-0.4, -0.2) is 25.5 Å². The fourth-order valence-corrected chi connectivity index (χ4v) is 3.29. The highest BCUT2D eigenvalue weighted by Gasteiger charge is 2.40. The van der Waals surface area contributed by atoms with E-state index in [1.165, 1.54) is 19.3 Å². The van der Waals surface area contributed by atoms with Crippen molar-refractivity contribution in [2.45, 2.75) is 52.4 Å². The normalized spacial score (nSPS) is 31.6. The van der Waals surface area contributed by atoms with Gasteiger partial charge in [-0.15, -0.1) is 0 Å². The summed E-state index contributed by atoms with van der Waals surface area (Å²) >= 11 is 0. The Morgan fingerprint density at radius 2 is 2.00 bits per heavy atom. The lowest BCUT2D eigenvalue weighted by Crippen LogP contribution is -2.44. The van der Waals surface area contributed by atoms with Gasteiger partial charge in [0.15, 0.2) is 0 Å². The third kappa shape index (κ3) is 2.65. The maximum atomic E-state index is 12.4. The van der Waals surface area contributed by atoms with Crippen molar-refractivity contribution in [1.29, 1.82) is 0 Å². The average molecular weight is 238 g/mol. The summed E-state index contributed by atoms with van der Waals surface area (Å²) in [5.41, 5.74) is 0.228. The van der Waals surface area contributed by atoms with E-state index in [2.05, 4.69) is 24.5 Å². The molecule has 0 spiro atoms. The molecule has 1 atom stereocenters. The first-order chi connectivity index (χ1) is 8.10. The Balaban J connectivity index is 1.88. The van der Waals surface area contributed by atoms with Crippen LogP contribution in [0.5, 0.6) is 0 Å². The lowest BCUT2D eigenvalue weighted by Gasteiger charge is -2.29. The topological polar surface area (TPSA) is 41.1 Å². The number of hydrogen-bond acceptors (Lipinski definition) is 2. The first-order valence-corrected chi connectivity index (χ1v) is 7.09. The Kier molecular flexibility index (Phi) is 3.76. The van der Waals surface area contributed by atoms with Gasteiger partial charge in [-0.2, -0.15) is 0 Å². The van der Waals surface area contributed by atoms with E-state index < -0.39 is 0 Å². The summed E-state index contributed by atoms with van der Waals surface area (Å²) in [5.74, 6) is 0.311. The van der Waals surface area contributed by atoms with Crippen LogP contribution in [-0.2, 0) is 4.79 Å². The molecule has 1 heterocycles. The second-order valence-electron chi connectivity index (χ2n) is 6.26. The van der Waals surface area contributed by atoms with Gasteiger partial charge in [-0.3, -0.25) is 4.79 Å². The fraction of sp³-hybridized carbons (Fsp3) is 0.929. The van der Waals surface area contributed by atoms with Crippen LogP contribution >= 0.6 is 0 Å². The van der Waals surface area contributed by atoms with Crippen molar-refractivity contribution in [3.05, 3.63) is 0 Å². The molecular formula is C14H26N2O. The molecule has 1 amide bonds. The van der Waals surface area contributed by atoms with E-state index in [0.717, 1.165) is 38.9 Å². The van der Waals surface area contributed by atoms with E-state index in [-0.39, 0.29) is 10.8 Å². The minimum absolute atomic E-state index is 0.0393. The first kappa shape index (κ1) is 12.9. The average Bonchev–Trinajstić information content (AvgIpc) is 2.96. The van der Waals surface area contributed by atoms with Gasteiger partial charge in [-0.1, -0.05) is 26.7 Å². The minimum Gasteiger partial charge on any atom is -0.355 e. The van der Waals surface area contributed by atoms with Gasteiger partial charge in [-0.25, -0.2) is 0 Å². The zero-order valence-corrected chi connectivity index (χ0v) is 11.3. The van der Waals surface area contributed by atoms with E-state index in [9.17, 15) is 4.79 Å². The lowest BCUT2D eigenvalue weighted by atomic mass is 9.81. The Morgan fingerprint density at radius 3 is 2.53 bits per heavy atom. The molecular weight excluding hydrogens is 212 g/mol. The largest absolute Gasteiger partial charge is 0.355 e. The van der Waals surface area contributed by atoms with E-state index in [1.807, 2.05) is 0 Å². The van der Waals surface area contributed by atoms with Crippen LogP contribution < -0.4 is 10.6 Å². The molecule has 3 nitrogen and oxygen atoms in total. The van der Waals surface area contributed by atoms with Crippen molar-refractivity contribution in [3.63, 3.8) is 0 Å². The molecule has 1 saturated heterocycles. The monoisotopic (exact) mass is 238 g/mol. The van der Waals surface area contributed by atoms with Crippen molar-refractivity contribution < 1.29 is 4.79 Å². The minimum atomic E-state index is -0.0393. The zero-order valence-electron chi connectivity index (χ0n) is 11.3. The van der Waals surface area contributed by atoms with Gasteiger partial charge in [0.25, 0.3) is 0 Å². The molecule has 1 aliphatic carbocycles. The maximum absolute atomic E-state index is 12.4. The van der Waals surface area contributed by atoms with Crippen LogP contribution in [0.1, 0.15) is 52.4 Å². The fourth-order valence-electron chi connectivity index (χ4n) is 3.29. The molecule has 2 rings (SSSR count). The molecule has 1 saturated carbocycles. The summed E-state index contributed by atoms with van der Waals surface area (Å²) in [6.07, 6.45) is 6.79. The summed E-state index contributed by atoms with van der Waals surface area (Å²) in [7, 11) is 0. The molecule has 2 aliphatic rings. The molecule has 2 fully saturated rings. The quantitative estimate of drug-likeness (QED) is 0.787. The Labute approximate surface area is 105 Å². The molecule has 2 N–H and O–H groups in total. The van der Waals surface area contributed by atoms with Gasteiger partial charge < -0.3 is 10.6 Å². The summed E-state index contributed by atoms with van der Waals surface area (Å²) in [6.45, 7) is 7.38. The van der Waals surface area contributed by atoms with E-state index in [4.69, 9.17) is 0 Å². The van der Waals surface area contributed by atoms with Crippen molar-refractivity contribution in [3.8, 4) is 0 Å². The SMILES string of the molecule is CCC1(C(=O)NCC2(C)CCNC2)CCCC1. The van der Waals surface area contributed by atoms with Crippen LogP contribution in [0.2, 0.25) is 0 Å². The van der Waals surface area contributed by atoms with Crippen LogP contribution in [0.25, 0.3) is 0 Å². The zero-order chi connectivity index (χ0) is 12.4. The molecule has 0 radical (unpaired) electrons. The smallest absolute Gasteiger partial charge is 0.226 e. The molecule has 98 valence electrons. The highest BCUT2D eigenvalue weighted by molar-refractivity contribution is 5.82. The third-order valence-electron chi connectivity index (χ3n) is 4.85. The predicted molar refractivity (Wildman–Crippen MR) is 69.8 cm³/mol. The molecule has 1 aliphatic heterocycles. The molecule has 17 heavy (non-hydrogen) atoms. The lowest BCUT2D eigenvalue weighted by molar-refractivity contribution is -0.131. The summed E-state index contributed by atoms with van der Waals surface area (Å²) in [6, 6.07) is 0. The maximum Gasteiger partial charge on any atom is 0.226 e. The van der Waals surface area contributed by atoms with Gasteiger partial charge in [0.1, 0.15) is 0 Å². The Morgan fingerprint density at radius 1 is 1.29 bits per heavy atom. The molecule has 1 unspecified atom stereocenters. The number of carbonyl (C=O) groups is 1. The Bertz CT molecular complexity index is 276.